The van der Waals surface area contributed by atoms with Gasteiger partial charge in [0.1, 0.15) is 11.8 Å². The van der Waals surface area contributed by atoms with Crippen LogP contribution < -0.4 is 5.32 Å². The average Bonchev–Trinajstić information content (AvgIpc) is 3.41. The first-order valence-corrected chi connectivity index (χ1v) is 8.38. The third-order valence-corrected chi connectivity index (χ3v) is 4.95. The molecule has 1 saturated carbocycles. The van der Waals surface area contributed by atoms with Crippen molar-refractivity contribution in [1.82, 2.24) is 10.2 Å². The van der Waals surface area contributed by atoms with Gasteiger partial charge < -0.3 is 15.2 Å². The highest BCUT2D eigenvalue weighted by atomic mass is 16.5. The summed E-state index contributed by atoms with van der Waals surface area (Å²) in [6.07, 6.45) is 0.254. The molecule has 1 aliphatic carbocycles. The van der Waals surface area contributed by atoms with E-state index >= 15 is 0 Å². The number of benzene rings is 1. The van der Waals surface area contributed by atoms with E-state index in [0.29, 0.717) is 18.4 Å². The summed E-state index contributed by atoms with van der Waals surface area (Å²) in [6, 6.07) is 5.75. The highest BCUT2D eigenvalue weighted by molar-refractivity contribution is 5.93. The minimum atomic E-state index is -1.20. The van der Waals surface area contributed by atoms with Gasteiger partial charge in [0.25, 0.3) is 0 Å². The summed E-state index contributed by atoms with van der Waals surface area (Å²) in [5, 5.41) is 12.2. The van der Waals surface area contributed by atoms with Crippen LogP contribution in [0.2, 0.25) is 0 Å². The molecule has 2 fully saturated rings. The normalized spacial score (nSPS) is 21.0. The molecule has 0 bridgehead atoms. The zero-order valence-electron chi connectivity index (χ0n) is 14.4. The Morgan fingerprint density at radius 3 is 2.42 bits per heavy atom. The molecule has 1 aliphatic heterocycles. The summed E-state index contributed by atoms with van der Waals surface area (Å²) in [4.78, 5) is 48.2. The first-order chi connectivity index (χ1) is 12.4. The van der Waals surface area contributed by atoms with Crippen molar-refractivity contribution in [3.8, 4) is 0 Å². The predicted octanol–water partition coefficient (Wildman–Crippen LogP) is 1.29. The molecule has 2 N–H and O–H groups in total. The molecule has 0 aromatic heterocycles. The van der Waals surface area contributed by atoms with Gasteiger partial charge in [0.2, 0.25) is 5.91 Å². The minimum absolute atomic E-state index is 0.0348. The van der Waals surface area contributed by atoms with Crippen LogP contribution in [-0.2, 0) is 19.9 Å². The Balaban J connectivity index is 1.74. The number of ether oxygens (including phenoxy) is 1. The molecule has 1 aromatic carbocycles. The SMILES string of the molecule is COC(=O)c1ccc(C2(NC(=O)C3CC(=O)CCN3C(=O)O)CC2)cc1. The number of rotatable bonds is 4. The number of carboxylic acid groups (broad SMARTS) is 1. The summed E-state index contributed by atoms with van der Waals surface area (Å²) in [5.41, 5.74) is 0.673. The van der Waals surface area contributed by atoms with Crippen molar-refractivity contribution in [3.63, 3.8) is 0 Å². The number of hydrogen-bond acceptors (Lipinski definition) is 5. The smallest absolute Gasteiger partial charge is 0.408 e. The van der Waals surface area contributed by atoms with Crippen LogP contribution in [-0.4, -0.2) is 53.5 Å². The van der Waals surface area contributed by atoms with Crippen LogP contribution in [0, 0.1) is 0 Å². The monoisotopic (exact) mass is 360 g/mol. The molecular weight excluding hydrogens is 340 g/mol. The maximum Gasteiger partial charge on any atom is 0.408 e. The summed E-state index contributed by atoms with van der Waals surface area (Å²) in [7, 11) is 1.30. The number of carbonyl (C=O) groups excluding carboxylic acids is 3. The molecule has 2 aliphatic rings. The third kappa shape index (κ3) is 3.40. The lowest BCUT2D eigenvalue weighted by atomic mass is 9.98. The lowest BCUT2D eigenvalue weighted by molar-refractivity contribution is -0.133. The number of piperidine rings is 1. The van der Waals surface area contributed by atoms with Gasteiger partial charge in [-0.25, -0.2) is 9.59 Å². The molecule has 26 heavy (non-hydrogen) atoms. The number of ketones is 1. The van der Waals surface area contributed by atoms with Crippen LogP contribution in [0.4, 0.5) is 4.79 Å². The van der Waals surface area contributed by atoms with Gasteiger partial charge in [0, 0.05) is 19.4 Å². The molecule has 1 aromatic rings. The van der Waals surface area contributed by atoms with Crippen molar-refractivity contribution in [2.24, 2.45) is 0 Å². The van der Waals surface area contributed by atoms with Crippen molar-refractivity contribution in [2.75, 3.05) is 13.7 Å². The Hall–Kier alpha value is -2.90. The van der Waals surface area contributed by atoms with E-state index in [2.05, 4.69) is 10.1 Å². The van der Waals surface area contributed by atoms with Crippen molar-refractivity contribution in [1.29, 1.82) is 0 Å². The number of Topliss-reactive ketones (excluding diaryl/α,β-unsaturated/α-hetero) is 1. The van der Waals surface area contributed by atoms with E-state index in [1.54, 1.807) is 24.3 Å². The van der Waals surface area contributed by atoms with Crippen molar-refractivity contribution < 1.29 is 29.0 Å². The molecule has 0 spiro atoms. The Kier molecular flexibility index (Phi) is 4.67. The average molecular weight is 360 g/mol. The maximum atomic E-state index is 12.7. The number of carbonyl (C=O) groups is 4. The van der Waals surface area contributed by atoms with Crippen molar-refractivity contribution in [3.05, 3.63) is 35.4 Å². The van der Waals surface area contributed by atoms with E-state index < -0.39 is 29.6 Å². The van der Waals surface area contributed by atoms with Gasteiger partial charge in [-0.2, -0.15) is 0 Å². The number of likely N-dealkylation sites (tertiary alicyclic amines) is 1. The molecule has 0 radical (unpaired) electrons. The lowest BCUT2D eigenvalue weighted by Crippen LogP contribution is -2.55. The van der Waals surface area contributed by atoms with Gasteiger partial charge in [-0.3, -0.25) is 14.5 Å². The van der Waals surface area contributed by atoms with Gasteiger partial charge in [-0.1, -0.05) is 12.1 Å². The van der Waals surface area contributed by atoms with Crippen LogP contribution in [0.25, 0.3) is 0 Å². The zero-order valence-corrected chi connectivity index (χ0v) is 14.4. The second kappa shape index (κ2) is 6.78. The molecule has 1 unspecified atom stereocenters. The van der Waals surface area contributed by atoms with E-state index in [9.17, 15) is 24.3 Å². The number of amides is 2. The van der Waals surface area contributed by atoms with Gasteiger partial charge in [-0.15, -0.1) is 0 Å². The Morgan fingerprint density at radius 2 is 1.88 bits per heavy atom. The fraction of sp³-hybridized carbons (Fsp3) is 0.444. The van der Waals surface area contributed by atoms with Crippen LogP contribution in [0.3, 0.4) is 0 Å². The largest absolute Gasteiger partial charge is 0.465 e. The number of esters is 1. The fourth-order valence-electron chi connectivity index (χ4n) is 3.27. The third-order valence-electron chi connectivity index (χ3n) is 4.95. The van der Waals surface area contributed by atoms with Crippen molar-refractivity contribution >= 4 is 23.8 Å². The second-order valence-corrected chi connectivity index (χ2v) is 6.62. The number of hydrogen-bond donors (Lipinski definition) is 2. The minimum Gasteiger partial charge on any atom is -0.465 e. The summed E-state index contributed by atoms with van der Waals surface area (Å²) < 4.78 is 4.66. The number of nitrogens with one attached hydrogen (secondary N) is 1. The fourth-order valence-corrected chi connectivity index (χ4v) is 3.27. The Morgan fingerprint density at radius 1 is 1.23 bits per heavy atom. The summed E-state index contributed by atoms with van der Waals surface area (Å²) in [5.74, 6) is -1.02. The standard InChI is InChI=1S/C18H20N2O6/c1-26-16(23)11-2-4-12(5-3-11)18(7-8-18)19-15(22)14-10-13(21)6-9-20(14)17(24)25/h2-5,14H,6-10H2,1H3,(H,19,22)(H,24,25). The zero-order chi connectivity index (χ0) is 18.9. The second-order valence-electron chi connectivity index (χ2n) is 6.62. The van der Waals surface area contributed by atoms with Gasteiger partial charge in [0.15, 0.2) is 0 Å². The van der Waals surface area contributed by atoms with E-state index in [4.69, 9.17) is 0 Å². The molecule has 1 heterocycles. The highest BCUT2D eigenvalue weighted by Crippen LogP contribution is 2.45. The van der Waals surface area contributed by atoms with Gasteiger partial charge >= 0.3 is 12.1 Å². The van der Waals surface area contributed by atoms with E-state index in [-0.39, 0.29) is 25.2 Å². The first kappa shape index (κ1) is 17.9. The molecule has 138 valence electrons. The lowest BCUT2D eigenvalue weighted by Gasteiger charge is -2.33. The topological polar surface area (TPSA) is 113 Å². The predicted molar refractivity (Wildman–Crippen MR) is 89.6 cm³/mol. The number of methoxy groups -OCH3 is 1. The van der Waals surface area contributed by atoms with Gasteiger partial charge in [0.05, 0.1) is 18.2 Å². The van der Waals surface area contributed by atoms with Crippen molar-refractivity contribution in [2.45, 2.75) is 37.3 Å². The van der Waals surface area contributed by atoms with E-state index in [1.165, 1.54) is 7.11 Å². The maximum absolute atomic E-state index is 12.7. The Labute approximate surface area is 150 Å². The van der Waals surface area contributed by atoms with Crippen LogP contribution in [0.1, 0.15) is 41.6 Å². The van der Waals surface area contributed by atoms with Crippen LogP contribution in [0.5, 0.6) is 0 Å². The molecule has 1 saturated heterocycles. The Bertz CT molecular complexity index is 753. The highest BCUT2D eigenvalue weighted by Gasteiger charge is 2.48. The first-order valence-electron chi connectivity index (χ1n) is 8.38. The van der Waals surface area contributed by atoms with Crippen LogP contribution in [0.15, 0.2) is 24.3 Å². The molecule has 3 rings (SSSR count). The molecule has 8 heteroatoms. The summed E-state index contributed by atoms with van der Waals surface area (Å²) >= 11 is 0. The van der Waals surface area contributed by atoms with Gasteiger partial charge in [-0.05, 0) is 30.5 Å². The summed E-state index contributed by atoms with van der Waals surface area (Å²) in [6.45, 7) is 0.0348. The molecule has 8 nitrogen and oxygen atoms in total. The van der Waals surface area contributed by atoms with E-state index in [1.807, 2.05) is 0 Å². The number of nitrogens with zero attached hydrogens (tertiary/aromatic N) is 1. The molecule has 1 atom stereocenters. The van der Waals surface area contributed by atoms with Crippen LogP contribution >= 0.6 is 0 Å². The molecule has 2 amide bonds. The molecular formula is C18H20N2O6. The van der Waals surface area contributed by atoms with E-state index in [0.717, 1.165) is 10.5 Å². The quantitative estimate of drug-likeness (QED) is 0.782.